The summed E-state index contributed by atoms with van der Waals surface area (Å²) in [4.78, 5) is 17.3. The second kappa shape index (κ2) is 10.8. The molecular formula is C26H25Cl2N3O5S. The molecule has 0 N–H and O–H groups in total. The summed E-state index contributed by atoms with van der Waals surface area (Å²) in [7, 11) is -4.02. The minimum absolute atomic E-state index is 0.0856. The van der Waals surface area contributed by atoms with Crippen molar-refractivity contribution >= 4 is 44.8 Å². The van der Waals surface area contributed by atoms with Crippen LogP contribution >= 0.6 is 23.2 Å². The molecule has 3 aromatic rings. The molecule has 2 aliphatic heterocycles. The Balaban J connectivity index is 1.28. The van der Waals surface area contributed by atoms with E-state index in [4.69, 9.17) is 32.7 Å². The Morgan fingerprint density at radius 2 is 1.59 bits per heavy atom. The molecule has 3 aromatic carbocycles. The number of fused-ring (bicyclic) bond motifs is 1. The Kier molecular flexibility index (Phi) is 7.48. The normalized spacial score (nSPS) is 15.6. The van der Waals surface area contributed by atoms with E-state index in [9.17, 15) is 13.2 Å². The van der Waals surface area contributed by atoms with Crippen molar-refractivity contribution in [2.24, 2.45) is 0 Å². The van der Waals surface area contributed by atoms with Gasteiger partial charge in [0.25, 0.3) is 10.0 Å². The summed E-state index contributed by atoms with van der Waals surface area (Å²) in [5.41, 5.74) is 1.37. The van der Waals surface area contributed by atoms with E-state index in [2.05, 4.69) is 4.90 Å². The molecule has 1 saturated heterocycles. The number of piperazine rings is 1. The SMILES string of the molecule is O=C(CN(c1ccc(Cl)c(Cl)c1)S(=O)(=O)c1ccccc1)N1CCN(Cc2ccc3c(c2)OCO3)CC1. The highest BCUT2D eigenvalue weighted by Crippen LogP contribution is 2.33. The number of anilines is 1. The molecule has 2 heterocycles. The number of carbonyl (C=O) groups excluding carboxylic acids is 1. The average molecular weight is 562 g/mol. The van der Waals surface area contributed by atoms with Crippen molar-refractivity contribution < 1.29 is 22.7 Å². The fourth-order valence-corrected chi connectivity index (χ4v) is 6.07. The lowest BCUT2D eigenvalue weighted by molar-refractivity contribution is -0.131. The van der Waals surface area contributed by atoms with E-state index in [1.807, 2.05) is 18.2 Å². The first-order chi connectivity index (χ1) is 17.8. The van der Waals surface area contributed by atoms with Crippen molar-refractivity contribution in [3.8, 4) is 11.5 Å². The summed E-state index contributed by atoms with van der Waals surface area (Å²) in [6, 6.07) is 18.4. The van der Waals surface area contributed by atoms with E-state index in [1.54, 1.807) is 29.2 Å². The second-order valence-corrected chi connectivity index (χ2v) is 11.4. The van der Waals surface area contributed by atoms with Crippen LogP contribution in [0.3, 0.4) is 0 Å². The number of hydrogen-bond acceptors (Lipinski definition) is 6. The summed E-state index contributed by atoms with van der Waals surface area (Å²) in [6.07, 6.45) is 0. The topological polar surface area (TPSA) is 79.4 Å². The second-order valence-electron chi connectivity index (χ2n) is 8.77. The number of nitrogens with zero attached hydrogens (tertiary/aromatic N) is 3. The predicted molar refractivity (Wildman–Crippen MR) is 142 cm³/mol. The van der Waals surface area contributed by atoms with Gasteiger partial charge in [-0.25, -0.2) is 8.42 Å². The van der Waals surface area contributed by atoms with E-state index in [1.165, 1.54) is 24.3 Å². The molecule has 2 aliphatic rings. The highest BCUT2D eigenvalue weighted by molar-refractivity contribution is 7.92. The molecule has 11 heteroatoms. The molecule has 0 radical (unpaired) electrons. The predicted octanol–water partition coefficient (Wildman–Crippen LogP) is 4.26. The van der Waals surface area contributed by atoms with Crippen molar-refractivity contribution in [1.82, 2.24) is 9.80 Å². The Bertz CT molecular complexity index is 1400. The van der Waals surface area contributed by atoms with Crippen LogP contribution in [0, 0.1) is 0 Å². The van der Waals surface area contributed by atoms with Crippen LogP contribution in [-0.4, -0.2) is 63.6 Å². The third kappa shape index (κ3) is 5.65. The van der Waals surface area contributed by atoms with Gasteiger partial charge in [0.1, 0.15) is 6.54 Å². The Morgan fingerprint density at radius 1 is 0.865 bits per heavy atom. The van der Waals surface area contributed by atoms with Crippen molar-refractivity contribution in [2.75, 3.05) is 43.8 Å². The lowest BCUT2D eigenvalue weighted by Crippen LogP contribution is -2.51. The van der Waals surface area contributed by atoms with Gasteiger partial charge in [-0.05, 0) is 48.0 Å². The Hall–Kier alpha value is -2.98. The molecule has 0 aliphatic carbocycles. The zero-order valence-electron chi connectivity index (χ0n) is 19.8. The molecule has 37 heavy (non-hydrogen) atoms. The molecule has 5 rings (SSSR count). The van der Waals surface area contributed by atoms with E-state index < -0.39 is 10.0 Å². The molecular weight excluding hydrogens is 537 g/mol. The van der Waals surface area contributed by atoms with Crippen LogP contribution in [0.15, 0.2) is 71.6 Å². The molecule has 8 nitrogen and oxygen atoms in total. The zero-order valence-corrected chi connectivity index (χ0v) is 22.2. The smallest absolute Gasteiger partial charge is 0.264 e. The summed E-state index contributed by atoms with van der Waals surface area (Å²) >= 11 is 12.2. The maximum atomic E-state index is 13.5. The van der Waals surface area contributed by atoms with E-state index >= 15 is 0 Å². The molecule has 0 spiro atoms. The summed E-state index contributed by atoms with van der Waals surface area (Å²) < 4.78 is 39.0. The van der Waals surface area contributed by atoms with Crippen LogP contribution in [0.25, 0.3) is 0 Å². The minimum atomic E-state index is -4.02. The number of carbonyl (C=O) groups is 1. The maximum absolute atomic E-state index is 13.5. The quantitative estimate of drug-likeness (QED) is 0.428. The van der Waals surface area contributed by atoms with E-state index in [-0.39, 0.29) is 34.9 Å². The number of halogens is 2. The van der Waals surface area contributed by atoms with Crippen molar-refractivity contribution in [3.05, 3.63) is 82.3 Å². The maximum Gasteiger partial charge on any atom is 0.264 e. The Morgan fingerprint density at radius 3 is 2.32 bits per heavy atom. The van der Waals surface area contributed by atoms with Gasteiger partial charge < -0.3 is 14.4 Å². The van der Waals surface area contributed by atoms with Crippen LogP contribution in [-0.2, 0) is 21.4 Å². The summed E-state index contributed by atoms with van der Waals surface area (Å²) in [6.45, 7) is 2.91. The largest absolute Gasteiger partial charge is 0.454 e. The van der Waals surface area contributed by atoms with Gasteiger partial charge in [0, 0.05) is 32.7 Å². The highest BCUT2D eigenvalue weighted by atomic mass is 35.5. The molecule has 0 bridgehead atoms. The first-order valence-corrected chi connectivity index (χ1v) is 13.9. The molecule has 0 unspecified atom stereocenters. The minimum Gasteiger partial charge on any atom is -0.454 e. The fourth-order valence-electron chi connectivity index (χ4n) is 4.35. The number of rotatable bonds is 7. The first kappa shape index (κ1) is 25.7. The van der Waals surface area contributed by atoms with Crippen LogP contribution in [0.2, 0.25) is 10.0 Å². The van der Waals surface area contributed by atoms with E-state index in [0.29, 0.717) is 31.2 Å². The van der Waals surface area contributed by atoms with Gasteiger partial charge in [0.05, 0.1) is 20.6 Å². The third-order valence-electron chi connectivity index (χ3n) is 6.37. The van der Waals surface area contributed by atoms with Crippen LogP contribution in [0.4, 0.5) is 5.69 Å². The van der Waals surface area contributed by atoms with Crippen molar-refractivity contribution in [1.29, 1.82) is 0 Å². The van der Waals surface area contributed by atoms with Crippen LogP contribution < -0.4 is 13.8 Å². The van der Waals surface area contributed by atoms with Crippen molar-refractivity contribution in [3.63, 3.8) is 0 Å². The fraction of sp³-hybridized carbons (Fsp3) is 0.269. The molecule has 194 valence electrons. The standard InChI is InChI=1S/C26H25Cl2N3O5S/c27-22-8-7-20(15-23(22)28)31(37(33,34)21-4-2-1-3-5-21)17-26(32)30-12-10-29(11-13-30)16-19-6-9-24-25(14-19)36-18-35-24/h1-9,14-15H,10-13,16-18H2. The number of amides is 1. The zero-order chi connectivity index (χ0) is 26.0. The number of hydrogen-bond donors (Lipinski definition) is 0. The lowest BCUT2D eigenvalue weighted by atomic mass is 10.1. The molecule has 1 amide bonds. The average Bonchev–Trinajstić information content (AvgIpc) is 3.38. The Labute approximate surface area is 225 Å². The van der Waals surface area contributed by atoms with Gasteiger partial charge in [0.2, 0.25) is 12.7 Å². The summed E-state index contributed by atoms with van der Waals surface area (Å²) in [5.74, 6) is 1.21. The first-order valence-electron chi connectivity index (χ1n) is 11.7. The van der Waals surface area contributed by atoms with E-state index in [0.717, 1.165) is 27.9 Å². The van der Waals surface area contributed by atoms with Gasteiger partial charge >= 0.3 is 0 Å². The van der Waals surface area contributed by atoms with Crippen LogP contribution in [0.1, 0.15) is 5.56 Å². The number of ether oxygens (including phenoxy) is 2. The highest BCUT2D eigenvalue weighted by Gasteiger charge is 2.30. The van der Waals surface area contributed by atoms with Gasteiger partial charge in [0.15, 0.2) is 11.5 Å². The van der Waals surface area contributed by atoms with Gasteiger partial charge in [-0.1, -0.05) is 47.5 Å². The molecule has 0 aromatic heterocycles. The van der Waals surface area contributed by atoms with Gasteiger partial charge in [-0.15, -0.1) is 0 Å². The van der Waals surface area contributed by atoms with Crippen LogP contribution in [0.5, 0.6) is 11.5 Å². The number of sulfonamides is 1. The molecule has 1 fully saturated rings. The monoisotopic (exact) mass is 561 g/mol. The molecule has 0 saturated carbocycles. The van der Waals surface area contributed by atoms with Crippen molar-refractivity contribution in [2.45, 2.75) is 11.4 Å². The lowest BCUT2D eigenvalue weighted by Gasteiger charge is -2.36. The van der Waals surface area contributed by atoms with Gasteiger partial charge in [-0.3, -0.25) is 14.0 Å². The summed E-state index contributed by atoms with van der Waals surface area (Å²) in [5, 5.41) is 0.504. The number of benzene rings is 3. The third-order valence-corrected chi connectivity index (χ3v) is 8.90. The molecule has 0 atom stereocenters. The van der Waals surface area contributed by atoms with Gasteiger partial charge in [-0.2, -0.15) is 0 Å².